The highest BCUT2D eigenvalue weighted by atomic mass is 16.5. The van der Waals surface area contributed by atoms with E-state index in [2.05, 4.69) is 6.58 Å². The van der Waals surface area contributed by atoms with E-state index in [0.29, 0.717) is 23.4 Å². The first-order valence-corrected chi connectivity index (χ1v) is 5.06. The highest BCUT2D eigenvalue weighted by Crippen LogP contribution is 2.15. The topological polar surface area (TPSA) is 29.5 Å². The first-order chi connectivity index (χ1) is 7.54. The second-order valence-electron chi connectivity index (χ2n) is 3.90. The molecular weight excluding hydrogens is 202 g/mol. The van der Waals surface area contributed by atoms with Crippen molar-refractivity contribution < 1.29 is 9.53 Å². The van der Waals surface area contributed by atoms with E-state index in [4.69, 9.17) is 4.74 Å². The molecule has 1 aromatic rings. The quantitative estimate of drug-likeness (QED) is 0.560. The second-order valence-corrected chi connectivity index (χ2v) is 3.90. The summed E-state index contributed by atoms with van der Waals surface area (Å²) in [4.78, 5) is 13.9. The zero-order valence-corrected chi connectivity index (χ0v) is 9.99. The van der Waals surface area contributed by atoms with Crippen molar-refractivity contribution in [3.63, 3.8) is 0 Å². The summed E-state index contributed by atoms with van der Waals surface area (Å²) in [6.07, 6.45) is 0. The van der Waals surface area contributed by atoms with Gasteiger partial charge < -0.3 is 9.64 Å². The van der Waals surface area contributed by atoms with Crippen molar-refractivity contribution in [1.29, 1.82) is 0 Å². The fourth-order valence-electron chi connectivity index (χ4n) is 1.42. The molecule has 0 radical (unpaired) electrons. The number of methoxy groups -OCH3 is 1. The number of ether oxygens (including phenoxy) is 1. The summed E-state index contributed by atoms with van der Waals surface area (Å²) in [5, 5.41) is 0. The third-order valence-electron chi connectivity index (χ3n) is 2.16. The minimum Gasteiger partial charge on any atom is -0.497 e. The highest BCUT2D eigenvalue weighted by molar-refractivity contribution is 6.08. The molecule has 0 amide bonds. The van der Waals surface area contributed by atoms with Crippen molar-refractivity contribution in [2.45, 2.75) is 0 Å². The third kappa shape index (κ3) is 3.21. The van der Waals surface area contributed by atoms with Crippen molar-refractivity contribution in [2.75, 3.05) is 27.7 Å². The van der Waals surface area contributed by atoms with Crippen molar-refractivity contribution in [1.82, 2.24) is 4.90 Å². The van der Waals surface area contributed by atoms with Crippen molar-refractivity contribution in [2.24, 2.45) is 0 Å². The van der Waals surface area contributed by atoms with Crippen molar-refractivity contribution in [3.8, 4) is 5.75 Å². The van der Waals surface area contributed by atoms with Gasteiger partial charge in [-0.05, 0) is 26.2 Å². The summed E-state index contributed by atoms with van der Waals surface area (Å²) in [6, 6.07) is 7.11. The number of benzene rings is 1. The van der Waals surface area contributed by atoms with Crippen LogP contribution in [0.15, 0.2) is 36.4 Å². The van der Waals surface area contributed by atoms with Gasteiger partial charge in [0.25, 0.3) is 0 Å². The Balaban J connectivity index is 2.83. The van der Waals surface area contributed by atoms with Gasteiger partial charge in [-0.1, -0.05) is 18.7 Å². The van der Waals surface area contributed by atoms with Gasteiger partial charge in [0.2, 0.25) is 0 Å². The van der Waals surface area contributed by atoms with Gasteiger partial charge in [-0.3, -0.25) is 4.79 Å². The van der Waals surface area contributed by atoms with Crippen LogP contribution in [0.3, 0.4) is 0 Å². The fraction of sp³-hybridized carbons (Fsp3) is 0.308. The van der Waals surface area contributed by atoms with Crippen LogP contribution in [0.5, 0.6) is 5.75 Å². The predicted octanol–water partition coefficient (Wildman–Crippen LogP) is 2.00. The van der Waals surface area contributed by atoms with Crippen molar-refractivity contribution in [3.05, 3.63) is 42.0 Å². The molecule has 0 atom stereocenters. The van der Waals surface area contributed by atoms with Crippen LogP contribution in [0.1, 0.15) is 10.4 Å². The Kier molecular flexibility index (Phi) is 4.26. The van der Waals surface area contributed by atoms with Crippen LogP contribution in [-0.4, -0.2) is 38.4 Å². The summed E-state index contributed by atoms with van der Waals surface area (Å²) in [7, 11) is 5.40. The van der Waals surface area contributed by atoms with Gasteiger partial charge in [0.05, 0.1) is 7.11 Å². The number of nitrogens with zero attached hydrogens (tertiary/aromatic N) is 1. The molecule has 0 aliphatic rings. The van der Waals surface area contributed by atoms with Crippen LogP contribution in [0.25, 0.3) is 0 Å². The molecule has 0 heterocycles. The Morgan fingerprint density at radius 3 is 2.69 bits per heavy atom. The average Bonchev–Trinajstić information content (AvgIpc) is 2.27. The lowest BCUT2D eigenvalue weighted by Crippen LogP contribution is -2.19. The van der Waals surface area contributed by atoms with Crippen LogP contribution in [0.4, 0.5) is 0 Å². The average molecular weight is 219 g/mol. The number of rotatable bonds is 5. The Labute approximate surface area is 96.3 Å². The number of carbonyl (C=O) groups is 1. The predicted molar refractivity (Wildman–Crippen MR) is 65.0 cm³/mol. The van der Waals surface area contributed by atoms with E-state index in [1.807, 2.05) is 25.1 Å². The van der Waals surface area contributed by atoms with Crippen molar-refractivity contribution >= 4 is 5.78 Å². The number of carbonyl (C=O) groups excluding carboxylic acids is 1. The molecule has 3 nitrogen and oxygen atoms in total. The maximum Gasteiger partial charge on any atom is 0.189 e. The number of Topliss-reactive ketones (excluding diaryl/α,β-unsaturated/α-hetero) is 1. The zero-order chi connectivity index (χ0) is 12.1. The third-order valence-corrected chi connectivity index (χ3v) is 2.16. The molecule has 0 aliphatic heterocycles. The maximum absolute atomic E-state index is 12.0. The lowest BCUT2D eigenvalue weighted by molar-refractivity contribution is 0.102. The summed E-state index contributed by atoms with van der Waals surface area (Å²) in [5.41, 5.74) is 1.20. The largest absolute Gasteiger partial charge is 0.497 e. The molecule has 0 aliphatic carbocycles. The maximum atomic E-state index is 12.0. The minimum absolute atomic E-state index is 0.0346. The Bertz CT molecular complexity index is 397. The molecule has 0 saturated heterocycles. The molecule has 0 saturated carbocycles. The Morgan fingerprint density at radius 1 is 1.44 bits per heavy atom. The molecule has 0 aromatic heterocycles. The van der Waals surface area contributed by atoms with Crippen LogP contribution < -0.4 is 4.74 Å². The second kappa shape index (κ2) is 5.47. The molecule has 1 rings (SSSR count). The van der Waals surface area contributed by atoms with E-state index in [9.17, 15) is 4.79 Å². The number of hydrogen-bond acceptors (Lipinski definition) is 3. The number of likely N-dealkylation sites (N-methyl/N-ethyl adjacent to an activating group) is 1. The fourth-order valence-corrected chi connectivity index (χ4v) is 1.42. The first-order valence-electron chi connectivity index (χ1n) is 5.06. The van der Waals surface area contributed by atoms with E-state index in [0.717, 1.165) is 0 Å². The van der Waals surface area contributed by atoms with E-state index in [1.165, 1.54) is 0 Å². The lowest BCUT2D eigenvalue weighted by Gasteiger charge is -2.11. The smallest absolute Gasteiger partial charge is 0.189 e. The number of hydrogen-bond donors (Lipinski definition) is 0. The van der Waals surface area contributed by atoms with Gasteiger partial charge in [-0.2, -0.15) is 0 Å². The van der Waals surface area contributed by atoms with Gasteiger partial charge in [0, 0.05) is 17.7 Å². The molecule has 0 fully saturated rings. The molecule has 1 aromatic carbocycles. The summed E-state index contributed by atoms with van der Waals surface area (Å²) in [6.45, 7) is 4.36. The van der Waals surface area contributed by atoms with Gasteiger partial charge in [-0.15, -0.1) is 0 Å². The van der Waals surface area contributed by atoms with Gasteiger partial charge >= 0.3 is 0 Å². The molecule has 86 valence electrons. The SMILES string of the molecule is C=C(CN(C)C)C(=O)c1cccc(OC)c1. The molecule has 0 bridgehead atoms. The molecule has 0 N–H and O–H groups in total. The van der Waals surface area contributed by atoms with Gasteiger partial charge in [-0.25, -0.2) is 0 Å². The monoisotopic (exact) mass is 219 g/mol. The summed E-state index contributed by atoms with van der Waals surface area (Å²) >= 11 is 0. The van der Waals surface area contributed by atoms with Gasteiger partial charge in [0.15, 0.2) is 5.78 Å². The minimum atomic E-state index is -0.0346. The number of ketones is 1. The highest BCUT2D eigenvalue weighted by Gasteiger charge is 2.11. The zero-order valence-electron chi connectivity index (χ0n) is 9.99. The van der Waals surface area contributed by atoms with Crippen LogP contribution >= 0.6 is 0 Å². The standard InChI is InChI=1S/C13H17NO2/c1-10(9-14(2)3)13(15)11-6-5-7-12(8-11)16-4/h5-8H,1,9H2,2-4H3. The molecule has 0 spiro atoms. The Morgan fingerprint density at radius 2 is 2.12 bits per heavy atom. The molecule has 0 unspecified atom stereocenters. The first kappa shape index (κ1) is 12.5. The summed E-state index contributed by atoms with van der Waals surface area (Å²) in [5.74, 6) is 0.649. The summed E-state index contributed by atoms with van der Waals surface area (Å²) < 4.78 is 5.07. The van der Waals surface area contributed by atoms with Crippen LogP contribution in [0, 0.1) is 0 Å². The van der Waals surface area contributed by atoms with E-state index in [1.54, 1.807) is 25.3 Å². The van der Waals surface area contributed by atoms with Crippen LogP contribution in [0.2, 0.25) is 0 Å². The van der Waals surface area contributed by atoms with Gasteiger partial charge in [0.1, 0.15) is 5.75 Å². The van der Waals surface area contributed by atoms with E-state index < -0.39 is 0 Å². The normalized spacial score (nSPS) is 10.2. The van der Waals surface area contributed by atoms with E-state index in [-0.39, 0.29) is 5.78 Å². The Hall–Kier alpha value is -1.61. The lowest BCUT2D eigenvalue weighted by atomic mass is 10.0. The molecule has 3 heteroatoms. The molecular formula is C13H17NO2. The molecule has 16 heavy (non-hydrogen) atoms. The van der Waals surface area contributed by atoms with Crippen LogP contribution in [-0.2, 0) is 0 Å². The van der Waals surface area contributed by atoms with E-state index >= 15 is 0 Å².